The Balaban J connectivity index is 1.42. The fourth-order valence-electron chi connectivity index (χ4n) is 5.39. The van der Waals surface area contributed by atoms with Crippen LogP contribution in [0.3, 0.4) is 0 Å². The number of rotatable bonds is 7. The highest BCUT2D eigenvalue weighted by Crippen LogP contribution is 2.34. The summed E-state index contributed by atoms with van der Waals surface area (Å²) in [5.74, 6) is -2.96. The minimum atomic E-state index is -4.42. The number of carbonyl (C=O) groups excluding carboxylic acids is 1. The molecule has 0 radical (unpaired) electrons. The molecule has 0 unspecified atom stereocenters. The van der Waals surface area contributed by atoms with Gasteiger partial charge in [-0.15, -0.1) is 0 Å². The van der Waals surface area contributed by atoms with E-state index in [2.05, 4.69) is 4.98 Å². The lowest BCUT2D eigenvalue weighted by molar-refractivity contribution is -0.125. The highest BCUT2D eigenvalue weighted by atomic mass is 32.2. The smallest absolute Gasteiger partial charge is 0.245 e. The van der Waals surface area contributed by atoms with Crippen LogP contribution in [0.25, 0.3) is 0 Å². The SMILES string of the molecule is N#Cc1ccc(N(Cc2ccc(C3CCCCC3)cn2)C(=O)[C@H]2CCN2S(=O)(=O)c2cc(F)c(F)c(C#N)c2)cc1. The van der Waals surface area contributed by atoms with Crippen molar-refractivity contribution < 1.29 is 22.0 Å². The van der Waals surface area contributed by atoms with Crippen LogP contribution in [-0.2, 0) is 21.4 Å². The summed E-state index contributed by atoms with van der Waals surface area (Å²) in [6.07, 6.45) is 7.92. The first kappa shape index (κ1) is 28.3. The molecule has 2 heterocycles. The Hall–Kier alpha value is -4.19. The molecule has 0 N–H and O–H groups in total. The Morgan fingerprint density at radius 2 is 1.73 bits per heavy atom. The summed E-state index contributed by atoms with van der Waals surface area (Å²) in [4.78, 5) is 19.3. The first-order valence-electron chi connectivity index (χ1n) is 13.4. The number of amides is 1. The summed E-state index contributed by atoms with van der Waals surface area (Å²) in [6.45, 7) is 0.0546. The average molecular weight is 576 g/mol. The van der Waals surface area contributed by atoms with Crippen molar-refractivity contribution in [2.24, 2.45) is 0 Å². The van der Waals surface area contributed by atoms with E-state index >= 15 is 0 Å². The molecule has 1 aliphatic heterocycles. The number of aromatic nitrogens is 1. The minimum Gasteiger partial charge on any atom is -0.305 e. The van der Waals surface area contributed by atoms with E-state index in [4.69, 9.17) is 5.26 Å². The predicted molar refractivity (Wildman–Crippen MR) is 146 cm³/mol. The van der Waals surface area contributed by atoms with Gasteiger partial charge in [-0.25, -0.2) is 17.2 Å². The van der Waals surface area contributed by atoms with Crippen LogP contribution in [0.4, 0.5) is 14.5 Å². The fraction of sp³-hybridized carbons (Fsp3) is 0.333. The van der Waals surface area contributed by atoms with Gasteiger partial charge in [0, 0.05) is 18.4 Å². The maximum Gasteiger partial charge on any atom is 0.245 e. The molecule has 2 aromatic carbocycles. The van der Waals surface area contributed by atoms with Crippen LogP contribution in [0.5, 0.6) is 0 Å². The van der Waals surface area contributed by atoms with E-state index in [0.717, 1.165) is 28.8 Å². The normalized spacial score (nSPS) is 17.7. The van der Waals surface area contributed by atoms with Gasteiger partial charge in [-0.2, -0.15) is 14.8 Å². The number of halogens is 2. The van der Waals surface area contributed by atoms with Gasteiger partial charge in [0.15, 0.2) is 11.6 Å². The van der Waals surface area contributed by atoms with Crippen LogP contribution in [0, 0.1) is 34.3 Å². The number of hydrogen-bond donors (Lipinski definition) is 0. The Kier molecular flexibility index (Phi) is 8.11. The van der Waals surface area contributed by atoms with E-state index in [1.54, 1.807) is 24.3 Å². The maximum atomic E-state index is 14.1. The Morgan fingerprint density at radius 1 is 1.00 bits per heavy atom. The molecule has 0 spiro atoms. The molecule has 1 aliphatic carbocycles. The third kappa shape index (κ3) is 5.69. The van der Waals surface area contributed by atoms with Crippen molar-refractivity contribution in [1.29, 1.82) is 10.5 Å². The molecule has 1 amide bonds. The summed E-state index contributed by atoms with van der Waals surface area (Å²) in [5.41, 5.74) is 1.88. The van der Waals surface area contributed by atoms with Crippen LogP contribution in [0.2, 0.25) is 0 Å². The molecule has 1 atom stereocenters. The van der Waals surface area contributed by atoms with Gasteiger partial charge in [-0.3, -0.25) is 9.78 Å². The minimum absolute atomic E-state index is 0.00479. The number of nitrogens with zero attached hydrogens (tertiary/aromatic N) is 5. The fourth-order valence-corrected chi connectivity index (χ4v) is 7.06. The van der Waals surface area contributed by atoms with Crippen molar-refractivity contribution in [3.05, 3.63) is 88.7 Å². The molecule has 11 heteroatoms. The number of carbonyl (C=O) groups is 1. The van der Waals surface area contributed by atoms with E-state index < -0.39 is 44.1 Å². The van der Waals surface area contributed by atoms with Crippen LogP contribution < -0.4 is 4.90 Å². The van der Waals surface area contributed by atoms with Crippen molar-refractivity contribution in [3.63, 3.8) is 0 Å². The van der Waals surface area contributed by atoms with Gasteiger partial charge in [-0.1, -0.05) is 25.3 Å². The zero-order valence-corrected chi connectivity index (χ0v) is 22.9. The van der Waals surface area contributed by atoms with E-state index in [1.807, 2.05) is 24.4 Å². The lowest BCUT2D eigenvalue weighted by Crippen LogP contribution is -2.59. The number of hydrogen-bond acceptors (Lipinski definition) is 6. The lowest BCUT2D eigenvalue weighted by atomic mass is 9.85. The molecule has 2 fully saturated rings. The van der Waals surface area contributed by atoms with Crippen molar-refractivity contribution in [2.75, 3.05) is 11.4 Å². The molecular weight excluding hydrogens is 548 g/mol. The Labute approximate surface area is 237 Å². The summed E-state index contributed by atoms with van der Waals surface area (Å²) in [7, 11) is -4.42. The maximum absolute atomic E-state index is 14.1. The first-order valence-corrected chi connectivity index (χ1v) is 14.8. The average Bonchev–Trinajstić information content (AvgIpc) is 2.97. The molecule has 210 valence electrons. The van der Waals surface area contributed by atoms with Gasteiger partial charge < -0.3 is 4.90 Å². The largest absolute Gasteiger partial charge is 0.305 e. The third-order valence-corrected chi connectivity index (χ3v) is 9.69. The zero-order valence-electron chi connectivity index (χ0n) is 22.1. The van der Waals surface area contributed by atoms with E-state index in [0.29, 0.717) is 28.9 Å². The Bertz CT molecular complexity index is 1640. The lowest BCUT2D eigenvalue weighted by Gasteiger charge is -2.41. The number of anilines is 1. The summed E-state index contributed by atoms with van der Waals surface area (Å²) >= 11 is 0. The van der Waals surface area contributed by atoms with E-state index in [1.165, 1.54) is 30.2 Å². The van der Waals surface area contributed by atoms with Gasteiger partial charge in [0.1, 0.15) is 12.1 Å². The van der Waals surface area contributed by atoms with Crippen LogP contribution >= 0.6 is 0 Å². The monoisotopic (exact) mass is 575 g/mol. The molecule has 2 aliphatic rings. The van der Waals surface area contributed by atoms with Crippen LogP contribution in [-0.4, -0.2) is 36.2 Å². The highest BCUT2D eigenvalue weighted by Gasteiger charge is 2.45. The second-order valence-electron chi connectivity index (χ2n) is 10.3. The molecule has 41 heavy (non-hydrogen) atoms. The Morgan fingerprint density at radius 3 is 2.32 bits per heavy atom. The third-order valence-electron chi connectivity index (χ3n) is 7.80. The van der Waals surface area contributed by atoms with Gasteiger partial charge in [0.05, 0.1) is 34.3 Å². The molecule has 1 saturated heterocycles. The molecule has 3 aromatic rings. The topological polar surface area (TPSA) is 118 Å². The van der Waals surface area contributed by atoms with Gasteiger partial charge in [0.25, 0.3) is 0 Å². The van der Waals surface area contributed by atoms with Crippen molar-refractivity contribution in [1.82, 2.24) is 9.29 Å². The van der Waals surface area contributed by atoms with E-state index in [-0.39, 0.29) is 19.5 Å². The van der Waals surface area contributed by atoms with Gasteiger partial charge in [-0.05, 0) is 73.2 Å². The van der Waals surface area contributed by atoms with Gasteiger partial charge >= 0.3 is 0 Å². The second kappa shape index (κ2) is 11.7. The summed E-state index contributed by atoms with van der Waals surface area (Å²) in [6, 6.07) is 13.9. The highest BCUT2D eigenvalue weighted by molar-refractivity contribution is 7.89. The summed E-state index contributed by atoms with van der Waals surface area (Å²) in [5, 5.41) is 18.3. The molecule has 1 saturated carbocycles. The standard InChI is InChI=1S/C30H27F2N5O3S/c31-27-15-26(14-23(17-34)29(27)32)41(39,40)37-13-12-28(37)30(38)36(25-10-6-20(16-33)7-11-25)19-24-9-8-22(18-35-24)21-4-2-1-3-5-21/h6-11,14-15,18,21,28H,1-5,12-13,19H2/t28-/m1/s1. The van der Waals surface area contributed by atoms with Crippen LogP contribution in [0.15, 0.2) is 59.6 Å². The molecule has 5 rings (SSSR count). The quantitative estimate of drug-likeness (QED) is 0.385. The molecule has 1 aromatic heterocycles. The predicted octanol–water partition coefficient (Wildman–Crippen LogP) is 5.15. The first-order chi connectivity index (χ1) is 19.7. The van der Waals surface area contributed by atoms with Crippen molar-refractivity contribution in [2.45, 2.75) is 61.9 Å². The van der Waals surface area contributed by atoms with Crippen LogP contribution in [0.1, 0.15) is 66.8 Å². The van der Waals surface area contributed by atoms with Crippen molar-refractivity contribution >= 4 is 21.6 Å². The molecular formula is C30H27F2N5O3S. The van der Waals surface area contributed by atoms with E-state index in [9.17, 15) is 27.3 Å². The number of nitriles is 2. The molecule has 0 bridgehead atoms. The zero-order chi connectivity index (χ0) is 29.1. The molecule has 8 nitrogen and oxygen atoms in total. The van der Waals surface area contributed by atoms with Crippen molar-refractivity contribution in [3.8, 4) is 12.1 Å². The number of benzene rings is 2. The summed E-state index contributed by atoms with van der Waals surface area (Å²) < 4.78 is 55.6. The van der Waals surface area contributed by atoms with Gasteiger partial charge in [0.2, 0.25) is 15.9 Å². The number of sulfonamides is 1. The number of pyridine rings is 1. The second-order valence-corrected chi connectivity index (χ2v) is 12.2.